The Labute approximate surface area is 276 Å². The molecule has 0 saturated carbocycles. The fraction of sp³-hybridized carbons (Fsp3) is 0.381. The van der Waals surface area contributed by atoms with Crippen LogP contribution in [0, 0.1) is 0 Å². The summed E-state index contributed by atoms with van der Waals surface area (Å²) in [5.74, 6) is 0.107. The smallest absolute Gasteiger partial charge is 0.123 e. The van der Waals surface area contributed by atoms with Gasteiger partial charge in [0.15, 0.2) is 0 Å². The molecule has 0 heterocycles. The van der Waals surface area contributed by atoms with Crippen molar-refractivity contribution in [3.05, 3.63) is 117 Å². The Morgan fingerprint density at radius 1 is 0.326 bits per heavy atom. The molecule has 0 spiro atoms. The van der Waals surface area contributed by atoms with Crippen LogP contribution in [0.4, 0.5) is 0 Å². The molecule has 4 heteroatoms. The quantitative estimate of drug-likeness (QED) is 0.171. The van der Waals surface area contributed by atoms with Gasteiger partial charge in [0.25, 0.3) is 0 Å². The second-order valence-corrected chi connectivity index (χ2v) is 16.7. The first-order valence-corrected chi connectivity index (χ1v) is 16.1. The van der Waals surface area contributed by atoms with E-state index in [0.29, 0.717) is 33.4 Å². The van der Waals surface area contributed by atoms with E-state index >= 15 is 0 Å². The molecular weight excluding hydrogens is 568 g/mol. The Balaban J connectivity index is 2.39. The number of benzene rings is 4. The summed E-state index contributed by atoms with van der Waals surface area (Å²) >= 11 is 0. The maximum Gasteiger partial charge on any atom is 0.123 e. The lowest BCUT2D eigenvalue weighted by Gasteiger charge is -2.27. The van der Waals surface area contributed by atoms with Gasteiger partial charge in [-0.3, -0.25) is 0 Å². The Morgan fingerprint density at radius 3 is 0.652 bits per heavy atom. The molecule has 0 saturated heterocycles. The summed E-state index contributed by atoms with van der Waals surface area (Å²) in [7, 11) is 0. The van der Waals surface area contributed by atoms with E-state index in [1.165, 1.54) is 0 Å². The zero-order valence-electron chi connectivity index (χ0n) is 29.7. The monoisotopic (exact) mass is 620 g/mol. The molecule has 0 fully saturated rings. The van der Waals surface area contributed by atoms with E-state index in [2.05, 4.69) is 83.1 Å². The second kappa shape index (κ2) is 11.9. The first-order chi connectivity index (χ1) is 21.0. The molecule has 0 amide bonds. The number of hydrogen-bond donors (Lipinski definition) is 4. The van der Waals surface area contributed by atoms with Crippen molar-refractivity contribution in [1.82, 2.24) is 0 Å². The zero-order valence-corrected chi connectivity index (χ0v) is 29.7. The van der Waals surface area contributed by atoms with Gasteiger partial charge < -0.3 is 20.4 Å². The fourth-order valence-electron chi connectivity index (χ4n) is 5.64. The molecule has 0 bridgehead atoms. The van der Waals surface area contributed by atoms with Crippen LogP contribution in [-0.2, 0) is 21.7 Å². The standard InChI is InChI=1S/C42H52O4/c1-39(2,3)25-13-17-33(43)29(21-25)37(30-22-26(40(4,5)6)14-18-34(30)44)38(31-23-27(41(7,8)9)15-19-35(31)45)32-24-28(42(10,11)12)16-20-36(32)46/h13-24,43-46H,1-12H3. The van der Waals surface area contributed by atoms with Gasteiger partial charge in [-0.1, -0.05) is 107 Å². The van der Waals surface area contributed by atoms with Crippen molar-refractivity contribution < 1.29 is 20.4 Å². The van der Waals surface area contributed by atoms with Gasteiger partial charge in [-0.2, -0.15) is 0 Å². The third-order valence-electron chi connectivity index (χ3n) is 8.78. The summed E-state index contributed by atoms with van der Waals surface area (Å²) in [6, 6.07) is 22.3. The van der Waals surface area contributed by atoms with Gasteiger partial charge in [-0.05, 0) is 92.4 Å². The summed E-state index contributed by atoms with van der Waals surface area (Å²) in [5, 5.41) is 46.6. The van der Waals surface area contributed by atoms with Crippen LogP contribution in [0.3, 0.4) is 0 Å². The van der Waals surface area contributed by atoms with Crippen LogP contribution in [0.25, 0.3) is 11.1 Å². The van der Waals surface area contributed by atoms with Gasteiger partial charge in [0.05, 0.1) is 0 Å². The average molecular weight is 621 g/mol. The van der Waals surface area contributed by atoms with Crippen molar-refractivity contribution in [1.29, 1.82) is 0 Å². The van der Waals surface area contributed by atoms with Crippen LogP contribution in [-0.4, -0.2) is 20.4 Å². The van der Waals surface area contributed by atoms with E-state index in [1.54, 1.807) is 24.3 Å². The first kappa shape index (κ1) is 34.7. The second-order valence-electron chi connectivity index (χ2n) is 16.7. The molecule has 4 rings (SSSR count). The highest BCUT2D eigenvalue weighted by atomic mass is 16.3. The molecule has 0 aliphatic rings. The molecule has 0 radical (unpaired) electrons. The number of aromatic hydroxyl groups is 4. The minimum Gasteiger partial charge on any atom is -0.507 e. The number of phenols is 4. The maximum absolute atomic E-state index is 11.7. The van der Waals surface area contributed by atoms with Crippen LogP contribution in [0.2, 0.25) is 0 Å². The highest BCUT2D eigenvalue weighted by Gasteiger charge is 2.29. The molecule has 0 aromatic heterocycles. The predicted molar refractivity (Wildman–Crippen MR) is 192 cm³/mol. The molecule has 4 N–H and O–H groups in total. The normalized spacial score (nSPS) is 12.7. The van der Waals surface area contributed by atoms with Gasteiger partial charge in [0.2, 0.25) is 0 Å². The maximum atomic E-state index is 11.7. The number of phenolic OH excluding ortho intramolecular Hbond substituents is 4. The van der Waals surface area contributed by atoms with Crippen molar-refractivity contribution in [2.45, 2.75) is 105 Å². The Hall–Kier alpha value is -4.18. The molecular formula is C42H52O4. The van der Waals surface area contributed by atoms with Crippen LogP contribution in [0.1, 0.15) is 128 Å². The van der Waals surface area contributed by atoms with E-state index in [0.717, 1.165) is 22.3 Å². The molecule has 4 nitrogen and oxygen atoms in total. The lowest BCUT2D eigenvalue weighted by atomic mass is 9.77. The molecule has 244 valence electrons. The third kappa shape index (κ3) is 7.12. The van der Waals surface area contributed by atoms with Crippen molar-refractivity contribution in [3.63, 3.8) is 0 Å². The Kier molecular flexibility index (Phi) is 8.96. The van der Waals surface area contributed by atoms with Crippen molar-refractivity contribution in [3.8, 4) is 23.0 Å². The molecule has 46 heavy (non-hydrogen) atoms. The average Bonchev–Trinajstić information content (AvgIpc) is 2.91. The SMILES string of the molecule is CC(C)(C)c1ccc(O)c(C(=C(c2cc(C(C)(C)C)ccc2O)c2cc(C(C)(C)C)ccc2O)c2cc(C(C)(C)C)ccc2O)c1. The highest BCUT2D eigenvalue weighted by Crippen LogP contribution is 2.49. The van der Waals surface area contributed by atoms with Crippen LogP contribution >= 0.6 is 0 Å². The lowest BCUT2D eigenvalue weighted by Crippen LogP contribution is -2.14. The largest absolute Gasteiger partial charge is 0.507 e. The Bertz CT molecular complexity index is 1530. The lowest BCUT2D eigenvalue weighted by molar-refractivity contribution is 0.467. The van der Waals surface area contributed by atoms with Gasteiger partial charge in [-0.15, -0.1) is 0 Å². The summed E-state index contributed by atoms with van der Waals surface area (Å²) in [4.78, 5) is 0. The molecule has 4 aromatic carbocycles. The van der Waals surface area contributed by atoms with Gasteiger partial charge in [0, 0.05) is 33.4 Å². The van der Waals surface area contributed by atoms with Crippen LogP contribution in [0.15, 0.2) is 72.8 Å². The topological polar surface area (TPSA) is 80.9 Å². The third-order valence-corrected chi connectivity index (χ3v) is 8.78. The summed E-state index contributed by atoms with van der Waals surface area (Å²) < 4.78 is 0. The highest BCUT2D eigenvalue weighted by molar-refractivity contribution is 6.08. The predicted octanol–water partition coefficient (Wildman–Crippen LogP) is 10.7. The van der Waals surface area contributed by atoms with Crippen molar-refractivity contribution in [2.24, 2.45) is 0 Å². The fourth-order valence-corrected chi connectivity index (χ4v) is 5.64. The van der Waals surface area contributed by atoms with E-state index in [9.17, 15) is 20.4 Å². The van der Waals surface area contributed by atoms with E-state index in [-0.39, 0.29) is 44.7 Å². The first-order valence-electron chi connectivity index (χ1n) is 16.1. The van der Waals surface area contributed by atoms with Gasteiger partial charge in [-0.25, -0.2) is 0 Å². The summed E-state index contributed by atoms with van der Waals surface area (Å²) in [6.45, 7) is 25.4. The number of rotatable bonds is 4. The van der Waals surface area contributed by atoms with E-state index < -0.39 is 0 Å². The van der Waals surface area contributed by atoms with Crippen molar-refractivity contribution >= 4 is 11.1 Å². The van der Waals surface area contributed by atoms with Gasteiger partial charge >= 0.3 is 0 Å². The zero-order chi connectivity index (χ0) is 34.6. The van der Waals surface area contributed by atoms with Crippen LogP contribution < -0.4 is 0 Å². The molecule has 0 aliphatic carbocycles. The van der Waals surface area contributed by atoms with Crippen LogP contribution in [0.5, 0.6) is 23.0 Å². The molecule has 0 atom stereocenters. The molecule has 0 unspecified atom stereocenters. The summed E-state index contributed by atoms with van der Waals surface area (Å²) in [5.41, 5.74) is 5.96. The Morgan fingerprint density at radius 2 is 0.500 bits per heavy atom. The number of hydrogen-bond acceptors (Lipinski definition) is 4. The molecule has 0 aliphatic heterocycles. The molecule has 4 aromatic rings. The van der Waals surface area contributed by atoms with E-state index in [4.69, 9.17) is 0 Å². The summed E-state index contributed by atoms with van der Waals surface area (Å²) in [6.07, 6.45) is 0. The van der Waals surface area contributed by atoms with Gasteiger partial charge in [0.1, 0.15) is 23.0 Å². The minimum absolute atomic E-state index is 0.0268. The van der Waals surface area contributed by atoms with Crippen molar-refractivity contribution in [2.75, 3.05) is 0 Å². The van der Waals surface area contributed by atoms with E-state index in [1.807, 2.05) is 48.5 Å². The minimum atomic E-state index is -0.244.